The van der Waals surface area contributed by atoms with Crippen molar-refractivity contribution in [1.29, 1.82) is 0 Å². The van der Waals surface area contributed by atoms with Gasteiger partial charge in [-0.15, -0.1) is 5.10 Å². The zero-order chi connectivity index (χ0) is 23.5. The van der Waals surface area contributed by atoms with E-state index in [1.54, 1.807) is 15.4 Å². The second kappa shape index (κ2) is 9.05. The number of rotatable bonds is 8. The van der Waals surface area contributed by atoms with Crippen molar-refractivity contribution >= 4 is 6.21 Å². The van der Waals surface area contributed by atoms with Gasteiger partial charge < -0.3 is 0 Å². The summed E-state index contributed by atoms with van der Waals surface area (Å²) in [5.74, 6) is 1.35. The molecular weight excluding hydrogens is 430 g/mol. The number of benzene rings is 1. The van der Waals surface area contributed by atoms with E-state index in [1.807, 2.05) is 48.4 Å². The Balaban J connectivity index is 1.61. The maximum Gasteiger partial charge on any atom is 0.334 e. The van der Waals surface area contributed by atoms with Crippen molar-refractivity contribution in [1.82, 2.24) is 39.5 Å². The third-order valence-electron chi connectivity index (χ3n) is 6.43. The fourth-order valence-corrected chi connectivity index (χ4v) is 4.51. The van der Waals surface area contributed by atoms with Crippen LogP contribution in [0.5, 0.6) is 0 Å². The number of hydrogen-bond acceptors (Lipinski definition) is 6. The van der Waals surface area contributed by atoms with E-state index in [0.717, 1.165) is 41.9 Å². The molecule has 1 N–H and O–H groups in total. The molecule has 1 atom stereocenters. The molecule has 0 saturated carbocycles. The summed E-state index contributed by atoms with van der Waals surface area (Å²) in [7, 11) is 1.84. The average Bonchev–Trinajstić information content (AvgIpc) is 3.61. The Morgan fingerprint density at radius 3 is 2.85 bits per heavy atom. The number of aromatic nitrogens is 8. The number of H-pyrrole nitrogens is 1. The first-order valence-electron chi connectivity index (χ1n) is 11.4. The lowest BCUT2D eigenvalue weighted by Crippen LogP contribution is -2.37. The SMILES string of the molecule is CCCCc1cn(-c2ccnn2C)c(=O)n1CC1(c2cccc(-c3nnn[nH]3)c2)C=CN=CC1. The Bertz CT molecular complexity index is 1390. The van der Waals surface area contributed by atoms with Crippen LogP contribution in [0.1, 0.15) is 37.4 Å². The van der Waals surface area contributed by atoms with Crippen LogP contribution >= 0.6 is 0 Å². The molecule has 174 valence electrons. The number of tetrazole rings is 1. The summed E-state index contributed by atoms with van der Waals surface area (Å²) in [4.78, 5) is 18.0. The van der Waals surface area contributed by atoms with Gasteiger partial charge in [-0.1, -0.05) is 37.6 Å². The first-order chi connectivity index (χ1) is 16.6. The maximum atomic E-state index is 13.7. The molecule has 0 fully saturated rings. The summed E-state index contributed by atoms with van der Waals surface area (Å²) in [6.07, 6.45) is 13.1. The van der Waals surface area contributed by atoms with Crippen LogP contribution in [0.3, 0.4) is 0 Å². The number of aryl methyl sites for hydroxylation is 2. The summed E-state index contributed by atoms with van der Waals surface area (Å²) in [6.45, 7) is 2.66. The molecule has 4 heterocycles. The Hall–Kier alpha value is -4.08. The van der Waals surface area contributed by atoms with Crippen LogP contribution in [0.4, 0.5) is 0 Å². The molecule has 10 nitrogen and oxygen atoms in total. The predicted octanol–water partition coefficient (Wildman–Crippen LogP) is 2.82. The van der Waals surface area contributed by atoms with Crippen LogP contribution in [0.25, 0.3) is 17.2 Å². The van der Waals surface area contributed by atoms with Crippen molar-refractivity contribution in [2.75, 3.05) is 0 Å². The average molecular weight is 458 g/mol. The zero-order valence-corrected chi connectivity index (χ0v) is 19.3. The molecule has 0 saturated heterocycles. The fourth-order valence-electron chi connectivity index (χ4n) is 4.51. The lowest BCUT2D eigenvalue weighted by Gasteiger charge is -2.32. The molecular formula is C24H27N9O. The number of allylic oxidation sites excluding steroid dienone is 1. The van der Waals surface area contributed by atoms with Crippen molar-refractivity contribution in [3.05, 3.63) is 76.7 Å². The molecule has 0 spiro atoms. The number of imidazole rings is 1. The van der Waals surface area contributed by atoms with Crippen LogP contribution in [-0.2, 0) is 25.4 Å². The van der Waals surface area contributed by atoms with Crippen LogP contribution in [-0.4, -0.2) is 45.8 Å². The minimum Gasteiger partial charge on any atom is -0.295 e. The number of hydrogen-bond donors (Lipinski definition) is 1. The summed E-state index contributed by atoms with van der Waals surface area (Å²) in [5, 5.41) is 18.5. The van der Waals surface area contributed by atoms with E-state index in [4.69, 9.17) is 0 Å². The molecule has 0 bridgehead atoms. The molecule has 0 radical (unpaired) electrons. The van der Waals surface area contributed by atoms with Gasteiger partial charge in [0.25, 0.3) is 0 Å². The monoisotopic (exact) mass is 457 g/mol. The van der Waals surface area contributed by atoms with E-state index < -0.39 is 5.41 Å². The van der Waals surface area contributed by atoms with E-state index in [9.17, 15) is 4.79 Å². The highest BCUT2D eigenvalue weighted by Gasteiger charge is 2.33. The summed E-state index contributed by atoms with van der Waals surface area (Å²) < 4.78 is 5.32. The predicted molar refractivity (Wildman–Crippen MR) is 129 cm³/mol. The highest BCUT2D eigenvalue weighted by Crippen LogP contribution is 2.35. The molecule has 0 amide bonds. The minimum atomic E-state index is -0.436. The Morgan fingerprint density at radius 2 is 2.15 bits per heavy atom. The van der Waals surface area contributed by atoms with Crippen molar-refractivity contribution in [2.24, 2.45) is 12.0 Å². The smallest absolute Gasteiger partial charge is 0.295 e. The number of aromatic amines is 1. The lowest BCUT2D eigenvalue weighted by atomic mass is 9.76. The highest BCUT2D eigenvalue weighted by molar-refractivity contribution is 5.65. The van der Waals surface area contributed by atoms with Gasteiger partial charge in [0, 0.05) is 54.9 Å². The van der Waals surface area contributed by atoms with E-state index in [-0.39, 0.29) is 5.69 Å². The first-order valence-corrected chi connectivity index (χ1v) is 11.4. The lowest BCUT2D eigenvalue weighted by molar-refractivity contribution is 0.438. The van der Waals surface area contributed by atoms with Crippen molar-refractivity contribution in [3.63, 3.8) is 0 Å². The summed E-state index contributed by atoms with van der Waals surface area (Å²) in [5.41, 5.74) is 2.47. The first kappa shape index (κ1) is 21.7. The number of unbranched alkanes of at least 4 members (excludes halogenated alkanes) is 1. The number of nitrogens with one attached hydrogen (secondary N) is 1. The highest BCUT2D eigenvalue weighted by atomic mass is 16.1. The molecule has 3 aromatic heterocycles. The van der Waals surface area contributed by atoms with Gasteiger partial charge in [0.1, 0.15) is 5.82 Å². The fraction of sp³-hybridized carbons (Fsp3) is 0.333. The largest absolute Gasteiger partial charge is 0.334 e. The van der Waals surface area contributed by atoms with Gasteiger partial charge in [-0.2, -0.15) is 5.10 Å². The van der Waals surface area contributed by atoms with Gasteiger partial charge >= 0.3 is 5.69 Å². The number of aliphatic imine (C=N–C) groups is 1. The molecule has 1 aliphatic heterocycles. The summed E-state index contributed by atoms with van der Waals surface area (Å²) >= 11 is 0. The van der Waals surface area contributed by atoms with Crippen molar-refractivity contribution < 1.29 is 0 Å². The molecule has 1 aliphatic rings. The van der Waals surface area contributed by atoms with Gasteiger partial charge in [-0.3, -0.25) is 18.8 Å². The Kier molecular flexibility index (Phi) is 5.79. The van der Waals surface area contributed by atoms with Crippen LogP contribution < -0.4 is 5.69 Å². The van der Waals surface area contributed by atoms with Crippen LogP contribution in [0.15, 0.2) is 64.8 Å². The van der Waals surface area contributed by atoms with Gasteiger partial charge in [-0.25, -0.2) is 9.89 Å². The van der Waals surface area contributed by atoms with Gasteiger partial charge in [0.15, 0.2) is 5.82 Å². The molecule has 1 unspecified atom stereocenters. The molecule has 0 aliphatic carbocycles. The minimum absolute atomic E-state index is 0.0689. The molecule has 5 rings (SSSR count). The van der Waals surface area contributed by atoms with Gasteiger partial charge in [0.05, 0.1) is 6.20 Å². The normalized spacial score (nSPS) is 17.5. The maximum absolute atomic E-state index is 13.7. The van der Waals surface area contributed by atoms with Crippen LogP contribution in [0.2, 0.25) is 0 Å². The molecule has 10 heteroatoms. The third kappa shape index (κ3) is 3.91. The summed E-state index contributed by atoms with van der Waals surface area (Å²) in [6, 6.07) is 9.99. The van der Waals surface area contributed by atoms with Crippen molar-refractivity contribution in [2.45, 2.75) is 44.6 Å². The Labute approximate surface area is 196 Å². The second-order valence-electron chi connectivity index (χ2n) is 8.61. The zero-order valence-electron chi connectivity index (χ0n) is 19.3. The Morgan fingerprint density at radius 1 is 1.24 bits per heavy atom. The quantitative estimate of drug-likeness (QED) is 0.437. The standard InChI is InChI=1S/C24H27N9O/c1-3-4-8-20-16-32(21-9-12-26-31(21)2)23(34)33(20)17-24(10-13-25-14-11-24)19-7-5-6-18(15-19)22-27-29-30-28-22/h5-7,9-10,12-16H,3-4,8,11,17H2,1-2H3,(H,27,28,29,30). The second-order valence-corrected chi connectivity index (χ2v) is 8.61. The van der Waals surface area contributed by atoms with Crippen LogP contribution in [0, 0.1) is 0 Å². The van der Waals surface area contributed by atoms with E-state index >= 15 is 0 Å². The molecule has 34 heavy (non-hydrogen) atoms. The van der Waals surface area contributed by atoms with Gasteiger partial charge in [-0.05, 0) is 41.3 Å². The van der Waals surface area contributed by atoms with E-state index in [1.165, 1.54) is 0 Å². The van der Waals surface area contributed by atoms with Crippen molar-refractivity contribution in [3.8, 4) is 17.2 Å². The van der Waals surface area contributed by atoms with Gasteiger partial charge in [0.2, 0.25) is 0 Å². The van der Waals surface area contributed by atoms with E-state index in [2.05, 4.69) is 55.8 Å². The third-order valence-corrected chi connectivity index (χ3v) is 6.43. The van der Waals surface area contributed by atoms with E-state index in [0.29, 0.717) is 18.8 Å². The molecule has 4 aromatic rings. The topological polar surface area (TPSA) is 112 Å². The number of nitrogens with zero attached hydrogens (tertiary/aromatic N) is 8. The molecule has 1 aromatic carbocycles.